The monoisotopic (exact) mass is 246 g/mol. The molecule has 1 aliphatic carbocycles. The zero-order valence-electron chi connectivity index (χ0n) is 9.78. The lowest BCUT2D eigenvalue weighted by Gasteiger charge is -2.40. The summed E-state index contributed by atoms with van der Waals surface area (Å²) in [5.41, 5.74) is 0. The molecule has 0 saturated heterocycles. The quantitative estimate of drug-likeness (QED) is 0.668. The summed E-state index contributed by atoms with van der Waals surface area (Å²) in [6.07, 6.45) is 4.09. The molecule has 0 heterocycles. The van der Waals surface area contributed by atoms with E-state index in [1.807, 2.05) is 0 Å². The van der Waals surface area contributed by atoms with Crippen molar-refractivity contribution in [2.24, 2.45) is 0 Å². The predicted molar refractivity (Wildman–Crippen MR) is 62.3 cm³/mol. The first-order chi connectivity index (χ1) is 7.62. The number of carbonyl (C=O) groups excluding carboxylic acids is 2. The van der Waals surface area contributed by atoms with Gasteiger partial charge in [0.15, 0.2) is 0 Å². The maximum Gasteiger partial charge on any atom is 0.306 e. The lowest BCUT2D eigenvalue weighted by molar-refractivity contribution is -0.142. The average molecular weight is 246 g/mol. The van der Waals surface area contributed by atoms with E-state index < -0.39 is 0 Å². The van der Waals surface area contributed by atoms with Crippen LogP contribution in [0.25, 0.3) is 0 Å². The molecule has 1 fully saturated rings. The van der Waals surface area contributed by atoms with Crippen LogP contribution in [-0.2, 0) is 19.1 Å². The third-order valence-electron chi connectivity index (χ3n) is 2.90. The minimum atomic E-state index is -0.194. The molecule has 0 aromatic heterocycles. The van der Waals surface area contributed by atoms with Gasteiger partial charge in [0.25, 0.3) is 0 Å². The fraction of sp³-hybridized carbons (Fsp3) is 0.818. The summed E-state index contributed by atoms with van der Waals surface area (Å²) in [7, 11) is 2.80. The molecule has 92 valence electrons. The standard InChI is InChI=1S/C11H18O4S/c1-14-9(12)4-7-16-11(5-3-6-11)8-10(13)15-2/h3-8H2,1-2H3. The molecule has 1 rings (SSSR count). The van der Waals surface area contributed by atoms with E-state index in [2.05, 4.69) is 9.47 Å². The summed E-state index contributed by atoms with van der Waals surface area (Å²) < 4.78 is 9.28. The molecule has 1 aliphatic rings. The van der Waals surface area contributed by atoms with Crippen molar-refractivity contribution in [3.63, 3.8) is 0 Å². The van der Waals surface area contributed by atoms with Crippen LogP contribution in [0.15, 0.2) is 0 Å². The SMILES string of the molecule is COC(=O)CCSC1(CC(=O)OC)CCC1. The number of ether oxygens (including phenoxy) is 2. The maximum absolute atomic E-state index is 11.2. The van der Waals surface area contributed by atoms with Gasteiger partial charge in [0.1, 0.15) is 0 Å². The third-order valence-corrected chi connectivity index (χ3v) is 4.47. The normalized spacial score (nSPS) is 17.4. The summed E-state index contributed by atoms with van der Waals surface area (Å²) in [5.74, 6) is 0.356. The molecule has 0 aromatic carbocycles. The minimum Gasteiger partial charge on any atom is -0.469 e. The first kappa shape index (κ1) is 13.4. The molecule has 0 aliphatic heterocycles. The van der Waals surface area contributed by atoms with E-state index in [1.54, 1.807) is 11.8 Å². The number of thioether (sulfide) groups is 1. The van der Waals surface area contributed by atoms with Crippen molar-refractivity contribution >= 4 is 23.7 Å². The Kier molecular flexibility index (Phi) is 5.12. The van der Waals surface area contributed by atoms with Crippen LogP contribution in [0, 0.1) is 0 Å². The molecule has 0 atom stereocenters. The van der Waals surface area contributed by atoms with E-state index in [0.717, 1.165) is 19.3 Å². The Morgan fingerprint density at radius 3 is 2.25 bits per heavy atom. The van der Waals surface area contributed by atoms with Crippen molar-refractivity contribution in [1.29, 1.82) is 0 Å². The van der Waals surface area contributed by atoms with Crippen molar-refractivity contribution in [2.75, 3.05) is 20.0 Å². The highest BCUT2D eigenvalue weighted by molar-refractivity contribution is 8.00. The van der Waals surface area contributed by atoms with Gasteiger partial charge in [-0.25, -0.2) is 0 Å². The van der Waals surface area contributed by atoms with Crippen LogP contribution in [0.2, 0.25) is 0 Å². The fourth-order valence-electron chi connectivity index (χ4n) is 1.73. The molecule has 0 aromatic rings. The van der Waals surface area contributed by atoms with Crippen LogP contribution in [0.5, 0.6) is 0 Å². The van der Waals surface area contributed by atoms with Crippen LogP contribution in [-0.4, -0.2) is 36.7 Å². The number of methoxy groups -OCH3 is 2. The highest BCUT2D eigenvalue weighted by Crippen LogP contribution is 2.47. The molecule has 16 heavy (non-hydrogen) atoms. The largest absolute Gasteiger partial charge is 0.469 e. The Morgan fingerprint density at radius 2 is 1.81 bits per heavy atom. The van der Waals surface area contributed by atoms with Gasteiger partial charge in [0.2, 0.25) is 0 Å². The van der Waals surface area contributed by atoms with Crippen LogP contribution >= 0.6 is 11.8 Å². The Balaban J connectivity index is 2.30. The summed E-state index contributed by atoms with van der Waals surface area (Å²) in [5, 5.41) is 0. The Bertz CT molecular complexity index is 261. The lowest BCUT2D eigenvalue weighted by Crippen LogP contribution is -2.36. The number of hydrogen-bond donors (Lipinski definition) is 0. The highest BCUT2D eigenvalue weighted by Gasteiger charge is 2.39. The number of hydrogen-bond acceptors (Lipinski definition) is 5. The zero-order chi connectivity index (χ0) is 12.0. The van der Waals surface area contributed by atoms with Crippen LogP contribution in [0.4, 0.5) is 0 Å². The van der Waals surface area contributed by atoms with Gasteiger partial charge in [-0.1, -0.05) is 6.42 Å². The van der Waals surface area contributed by atoms with Crippen molar-refractivity contribution in [3.8, 4) is 0 Å². The highest BCUT2D eigenvalue weighted by atomic mass is 32.2. The number of carbonyl (C=O) groups is 2. The molecule has 0 spiro atoms. The van der Waals surface area contributed by atoms with Crippen molar-refractivity contribution in [2.45, 2.75) is 36.9 Å². The van der Waals surface area contributed by atoms with E-state index in [1.165, 1.54) is 14.2 Å². The summed E-state index contributed by atoms with van der Waals surface area (Å²) >= 11 is 1.70. The molecule has 0 bridgehead atoms. The predicted octanol–water partition coefficient (Wildman–Crippen LogP) is 1.77. The van der Waals surface area contributed by atoms with Crippen molar-refractivity contribution in [1.82, 2.24) is 0 Å². The first-order valence-electron chi connectivity index (χ1n) is 5.39. The molecule has 4 nitrogen and oxygen atoms in total. The van der Waals surface area contributed by atoms with Crippen molar-refractivity contribution in [3.05, 3.63) is 0 Å². The average Bonchev–Trinajstić information content (AvgIpc) is 2.24. The van der Waals surface area contributed by atoms with Gasteiger partial charge in [-0.3, -0.25) is 9.59 Å². The van der Waals surface area contributed by atoms with E-state index in [-0.39, 0.29) is 16.7 Å². The molecular formula is C11H18O4S. The molecule has 5 heteroatoms. The lowest BCUT2D eigenvalue weighted by atomic mass is 9.82. The van der Waals surface area contributed by atoms with Crippen LogP contribution < -0.4 is 0 Å². The van der Waals surface area contributed by atoms with E-state index in [9.17, 15) is 9.59 Å². The van der Waals surface area contributed by atoms with Gasteiger partial charge in [-0.2, -0.15) is 11.8 Å². The minimum absolute atomic E-state index is 0.0150. The summed E-state index contributed by atoms with van der Waals surface area (Å²) in [6.45, 7) is 0. The van der Waals surface area contributed by atoms with Gasteiger partial charge in [-0.05, 0) is 12.8 Å². The topological polar surface area (TPSA) is 52.6 Å². The Hall–Kier alpha value is -0.710. The molecule has 0 unspecified atom stereocenters. The smallest absolute Gasteiger partial charge is 0.306 e. The molecule has 0 N–H and O–H groups in total. The zero-order valence-corrected chi connectivity index (χ0v) is 10.6. The third kappa shape index (κ3) is 3.70. The van der Waals surface area contributed by atoms with E-state index in [0.29, 0.717) is 18.6 Å². The van der Waals surface area contributed by atoms with Gasteiger partial charge in [0.05, 0.1) is 27.1 Å². The van der Waals surface area contributed by atoms with Gasteiger partial charge in [0, 0.05) is 10.5 Å². The van der Waals surface area contributed by atoms with Crippen molar-refractivity contribution < 1.29 is 19.1 Å². The fourth-order valence-corrected chi connectivity index (χ4v) is 3.23. The maximum atomic E-state index is 11.2. The summed E-state index contributed by atoms with van der Waals surface area (Å²) in [4.78, 5) is 22.2. The Morgan fingerprint density at radius 1 is 1.19 bits per heavy atom. The first-order valence-corrected chi connectivity index (χ1v) is 6.38. The van der Waals surface area contributed by atoms with E-state index in [4.69, 9.17) is 0 Å². The van der Waals surface area contributed by atoms with E-state index >= 15 is 0 Å². The van der Waals surface area contributed by atoms with Gasteiger partial charge >= 0.3 is 11.9 Å². The van der Waals surface area contributed by atoms with Crippen LogP contribution in [0.1, 0.15) is 32.1 Å². The van der Waals surface area contributed by atoms with Gasteiger partial charge in [-0.15, -0.1) is 0 Å². The number of esters is 2. The molecule has 0 amide bonds. The molecule has 1 saturated carbocycles. The molecule has 0 radical (unpaired) electrons. The van der Waals surface area contributed by atoms with Crippen LogP contribution in [0.3, 0.4) is 0 Å². The second kappa shape index (κ2) is 6.13. The Labute approximate surface area is 100 Å². The summed E-state index contributed by atoms with van der Waals surface area (Å²) in [6, 6.07) is 0. The molecular weight excluding hydrogens is 228 g/mol. The van der Waals surface area contributed by atoms with Gasteiger partial charge < -0.3 is 9.47 Å². The second-order valence-corrected chi connectivity index (χ2v) is 5.53. The second-order valence-electron chi connectivity index (χ2n) is 3.96. The number of rotatable bonds is 6.